The quantitative estimate of drug-likeness (QED) is 0.0828. The SMILES string of the molecule is C#CCc1c(/C(=C\C)N(c2ccc(C3=CC=CCC=C3)cc2)c2ccc(-c3ccc(/C(C)=C/C=C)cc3)cc2)oc2c3c(ccc12)C(C)(C)c1ccccc1-3.C=C=CC. The first-order valence-corrected chi connectivity index (χ1v) is 20.3. The molecule has 2 aliphatic carbocycles. The molecule has 0 fully saturated rings. The van der Waals surface area contributed by atoms with Crippen LogP contribution < -0.4 is 4.90 Å². The first-order valence-electron chi connectivity index (χ1n) is 20.3. The van der Waals surface area contributed by atoms with Crippen LogP contribution in [-0.2, 0) is 11.8 Å². The summed E-state index contributed by atoms with van der Waals surface area (Å²) in [4.78, 5) is 2.30. The van der Waals surface area contributed by atoms with Crippen LogP contribution >= 0.6 is 0 Å². The largest absolute Gasteiger partial charge is 0.454 e. The van der Waals surface area contributed by atoms with Crippen molar-refractivity contribution in [3.63, 3.8) is 0 Å². The van der Waals surface area contributed by atoms with E-state index in [-0.39, 0.29) is 5.41 Å². The molecule has 0 aliphatic heterocycles. The molecular formula is C57H51NO. The van der Waals surface area contributed by atoms with E-state index in [0.717, 1.165) is 56.9 Å². The van der Waals surface area contributed by atoms with Gasteiger partial charge >= 0.3 is 0 Å². The van der Waals surface area contributed by atoms with Gasteiger partial charge < -0.3 is 9.32 Å². The van der Waals surface area contributed by atoms with Gasteiger partial charge in [0.25, 0.3) is 0 Å². The monoisotopic (exact) mass is 765 g/mol. The van der Waals surface area contributed by atoms with Crippen LogP contribution in [0.15, 0.2) is 187 Å². The fraction of sp³-hybridized carbons (Fsp3) is 0.140. The number of allylic oxidation sites excluding steroid dienone is 11. The molecule has 5 aromatic carbocycles. The second-order valence-corrected chi connectivity index (χ2v) is 15.3. The molecule has 0 atom stereocenters. The van der Waals surface area contributed by atoms with Crippen molar-refractivity contribution in [2.45, 2.75) is 52.9 Å². The van der Waals surface area contributed by atoms with E-state index in [2.05, 4.69) is 203 Å². The van der Waals surface area contributed by atoms with E-state index < -0.39 is 0 Å². The Bertz CT molecular complexity index is 2760. The lowest BCUT2D eigenvalue weighted by atomic mass is 9.82. The maximum atomic E-state index is 7.15. The highest BCUT2D eigenvalue weighted by Gasteiger charge is 2.38. The van der Waals surface area contributed by atoms with Crippen LogP contribution in [0, 0.1) is 12.3 Å². The van der Waals surface area contributed by atoms with Crippen molar-refractivity contribution < 1.29 is 4.42 Å². The van der Waals surface area contributed by atoms with Crippen LogP contribution in [0.4, 0.5) is 11.4 Å². The van der Waals surface area contributed by atoms with E-state index in [1.165, 1.54) is 44.5 Å². The zero-order chi connectivity index (χ0) is 41.5. The summed E-state index contributed by atoms with van der Waals surface area (Å²) in [5.74, 6) is 3.75. The Kier molecular flexibility index (Phi) is 12.0. The van der Waals surface area contributed by atoms with Crippen LogP contribution in [0.5, 0.6) is 0 Å². The molecule has 0 saturated carbocycles. The van der Waals surface area contributed by atoms with E-state index in [1.54, 1.807) is 6.08 Å². The molecule has 0 unspecified atom stereocenters. The molecule has 0 saturated heterocycles. The van der Waals surface area contributed by atoms with Gasteiger partial charge in [-0.2, -0.15) is 0 Å². The molecule has 1 heterocycles. The predicted molar refractivity (Wildman–Crippen MR) is 255 cm³/mol. The number of rotatable bonds is 9. The molecule has 2 nitrogen and oxygen atoms in total. The second kappa shape index (κ2) is 17.6. The minimum atomic E-state index is -0.141. The molecule has 2 heteroatoms. The zero-order valence-corrected chi connectivity index (χ0v) is 34.8. The van der Waals surface area contributed by atoms with Crippen LogP contribution in [0.1, 0.15) is 74.6 Å². The normalized spacial score (nSPS) is 13.9. The number of benzene rings is 5. The molecule has 0 radical (unpaired) electrons. The summed E-state index contributed by atoms with van der Waals surface area (Å²) in [5.41, 5.74) is 19.3. The van der Waals surface area contributed by atoms with Crippen molar-refractivity contribution in [3.8, 4) is 34.6 Å². The maximum absolute atomic E-state index is 7.15. The van der Waals surface area contributed by atoms with Crippen molar-refractivity contribution in [1.82, 2.24) is 0 Å². The van der Waals surface area contributed by atoms with Gasteiger partial charge in [-0.05, 0) is 108 Å². The third-order valence-electron chi connectivity index (χ3n) is 11.3. The van der Waals surface area contributed by atoms with E-state index in [4.69, 9.17) is 10.8 Å². The lowest BCUT2D eigenvalue weighted by molar-refractivity contribution is 0.593. The number of nitrogens with zero attached hydrogens (tertiary/aromatic N) is 1. The molecule has 0 amide bonds. The van der Waals surface area contributed by atoms with Crippen LogP contribution in [0.25, 0.3) is 50.1 Å². The Balaban J connectivity index is 0.00000126. The van der Waals surface area contributed by atoms with E-state index in [1.807, 2.05) is 19.1 Å². The number of furan rings is 1. The molecular weight excluding hydrogens is 715 g/mol. The van der Waals surface area contributed by atoms with E-state index in [9.17, 15) is 0 Å². The summed E-state index contributed by atoms with van der Waals surface area (Å²) in [6.07, 6.45) is 26.2. The average molecular weight is 766 g/mol. The van der Waals surface area contributed by atoms with Gasteiger partial charge in [0, 0.05) is 39.7 Å². The van der Waals surface area contributed by atoms with Crippen LogP contribution in [-0.4, -0.2) is 0 Å². The summed E-state index contributed by atoms with van der Waals surface area (Å²) >= 11 is 0. The number of fused-ring (bicyclic) bond motifs is 5. The van der Waals surface area contributed by atoms with Crippen molar-refractivity contribution in [2.75, 3.05) is 4.90 Å². The summed E-state index contributed by atoms with van der Waals surface area (Å²) in [7, 11) is 0. The topological polar surface area (TPSA) is 16.4 Å². The second-order valence-electron chi connectivity index (χ2n) is 15.3. The van der Waals surface area contributed by atoms with Crippen molar-refractivity contribution in [3.05, 3.63) is 216 Å². The van der Waals surface area contributed by atoms with Crippen molar-refractivity contribution in [2.24, 2.45) is 0 Å². The van der Waals surface area contributed by atoms with Crippen molar-refractivity contribution in [1.29, 1.82) is 0 Å². The van der Waals surface area contributed by atoms with Gasteiger partial charge in [-0.3, -0.25) is 0 Å². The number of hydrogen-bond acceptors (Lipinski definition) is 2. The summed E-state index contributed by atoms with van der Waals surface area (Å²) in [6, 6.07) is 39.5. The zero-order valence-electron chi connectivity index (χ0n) is 34.8. The van der Waals surface area contributed by atoms with Gasteiger partial charge in [0.05, 0.1) is 5.70 Å². The number of anilines is 2. The lowest BCUT2D eigenvalue weighted by Gasteiger charge is -2.28. The van der Waals surface area contributed by atoms with Gasteiger partial charge in [0.1, 0.15) is 5.58 Å². The molecule has 0 N–H and O–H groups in total. The van der Waals surface area contributed by atoms with Gasteiger partial charge in [-0.1, -0.05) is 161 Å². The highest BCUT2D eigenvalue weighted by atomic mass is 16.3. The third-order valence-corrected chi connectivity index (χ3v) is 11.3. The highest BCUT2D eigenvalue weighted by molar-refractivity contribution is 6.03. The van der Waals surface area contributed by atoms with E-state index in [0.29, 0.717) is 6.42 Å². The molecule has 290 valence electrons. The predicted octanol–water partition coefficient (Wildman–Crippen LogP) is 15.6. The standard InChI is InChI=1S/C53H45NO.C4H6/c1-7-16-36(4)37-22-24-39(25-23-37)41-28-32-43(33-29-41)54(42-30-26-40(27-31-42)38-18-12-10-11-13-19-38)49(9-3)51-44(17-8-2)45-34-35-48-50(52(45)55-51)46-20-14-15-21-47(46)53(48,5)6;1-3-4-2/h2,7,9-10,12-16,18-35H,1,11,17H2,3-6H3;4H,1H2,2H3/b36-16+,49-9+;. The Morgan fingerprint density at radius 1 is 0.831 bits per heavy atom. The minimum Gasteiger partial charge on any atom is -0.454 e. The molecule has 8 rings (SSSR count). The molecule has 59 heavy (non-hydrogen) atoms. The minimum absolute atomic E-state index is 0.141. The number of terminal acetylenes is 1. The summed E-state index contributed by atoms with van der Waals surface area (Å²) in [6.45, 7) is 17.8. The fourth-order valence-electron chi connectivity index (χ4n) is 8.24. The van der Waals surface area contributed by atoms with Crippen LogP contribution in [0.3, 0.4) is 0 Å². The fourth-order valence-corrected chi connectivity index (χ4v) is 8.24. The smallest absolute Gasteiger partial charge is 0.156 e. The van der Waals surface area contributed by atoms with Gasteiger partial charge in [-0.25, -0.2) is 0 Å². The van der Waals surface area contributed by atoms with Gasteiger partial charge in [0.2, 0.25) is 0 Å². The summed E-state index contributed by atoms with van der Waals surface area (Å²) < 4.78 is 7.15. The Labute approximate surface area is 350 Å². The molecule has 0 bridgehead atoms. The Morgan fingerprint density at radius 3 is 2.10 bits per heavy atom. The van der Waals surface area contributed by atoms with Crippen molar-refractivity contribution >= 4 is 39.2 Å². The number of hydrogen-bond donors (Lipinski definition) is 0. The third kappa shape index (κ3) is 7.82. The molecule has 2 aliphatic rings. The van der Waals surface area contributed by atoms with Crippen LogP contribution in [0.2, 0.25) is 0 Å². The average Bonchev–Trinajstić information content (AvgIpc) is 3.57. The Hall–Kier alpha value is -7.04. The molecule has 0 spiro atoms. The Morgan fingerprint density at radius 2 is 1.47 bits per heavy atom. The van der Waals surface area contributed by atoms with Gasteiger partial charge in [-0.15, -0.1) is 18.1 Å². The molecule has 6 aromatic rings. The molecule has 1 aromatic heterocycles. The highest BCUT2D eigenvalue weighted by Crippen LogP contribution is 2.53. The first-order chi connectivity index (χ1) is 28.7. The first kappa shape index (κ1) is 40.2. The lowest BCUT2D eigenvalue weighted by Crippen LogP contribution is -2.16. The van der Waals surface area contributed by atoms with Gasteiger partial charge in [0.15, 0.2) is 5.76 Å². The summed E-state index contributed by atoms with van der Waals surface area (Å²) in [5, 5.41) is 1.06. The van der Waals surface area contributed by atoms with E-state index >= 15 is 0 Å². The maximum Gasteiger partial charge on any atom is 0.156 e.